The van der Waals surface area contributed by atoms with Crippen molar-refractivity contribution in [2.45, 2.75) is 19.1 Å². The van der Waals surface area contributed by atoms with Gasteiger partial charge in [-0.05, 0) is 41.8 Å². The first-order chi connectivity index (χ1) is 17.1. The molecule has 36 heavy (non-hydrogen) atoms. The molecule has 1 aliphatic rings. The van der Waals surface area contributed by atoms with Crippen LogP contribution in [0.5, 0.6) is 0 Å². The van der Waals surface area contributed by atoms with Gasteiger partial charge >= 0.3 is 12.1 Å². The van der Waals surface area contributed by atoms with Gasteiger partial charge in [0.05, 0.1) is 21.1 Å². The number of aromatic nitrogens is 4. The topological polar surface area (TPSA) is 88.0 Å². The smallest absolute Gasteiger partial charge is 0.336 e. The van der Waals surface area contributed by atoms with Crippen molar-refractivity contribution in [1.29, 1.82) is 0 Å². The normalized spacial score (nSPS) is 13.6. The van der Waals surface area contributed by atoms with E-state index in [1.165, 1.54) is 0 Å². The minimum Gasteiger partial charge on any atom is -0.336 e. The Morgan fingerprint density at radius 3 is 2.56 bits per heavy atom. The molecule has 1 amide bonds. The third kappa shape index (κ3) is 4.63. The number of para-hydroxylation sites is 1. The lowest BCUT2D eigenvalue weighted by Gasteiger charge is -2.29. The molecule has 2 aromatic heterocycles. The zero-order chi connectivity index (χ0) is 25.6. The number of nitrogens with one attached hydrogen (secondary N) is 2. The summed E-state index contributed by atoms with van der Waals surface area (Å²) in [7, 11) is 1.73. The van der Waals surface area contributed by atoms with E-state index in [1.807, 2.05) is 6.07 Å². The van der Waals surface area contributed by atoms with Crippen LogP contribution in [0.1, 0.15) is 11.1 Å². The van der Waals surface area contributed by atoms with Gasteiger partial charge in [0, 0.05) is 32.0 Å². The van der Waals surface area contributed by atoms with E-state index in [9.17, 15) is 18.0 Å². The number of aryl methyl sites for hydroxylation is 1. The quantitative estimate of drug-likeness (QED) is 0.353. The summed E-state index contributed by atoms with van der Waals surface area (Å²) in [5.41, 5.74) is 3.14. The zero-order valence-corrected chi connectivity index (χ0v) is 20.2. The highest BCUT2D eigenvalue weighted by Crippen LogP contribution is 2.34. The van der Waals surface area contributed by atoms with Gasteiger partial charge in [0.25, 0.3) is 0 Å². The minimum atomic E-state index is -4.90. The van der Waals surface area contributed by atoms with Crippen LogP contribution in [0.25, 0.3) is 11.0 Å². The molecule has 3 heterocycles. The molecule has 13 heteroatoms. The van der Waals surface area contributed by atoms with Gasteiger partial charge in [0.2, 0.25) is 5.95 Å². The maximum absolute atomic E-state index is 12.9. The summed E-state index contributed by atoms with van der Waals surface area (Å²) in [5.74, 6) is -1.09. The fraction of sp³-hybridized carbons (Fsp3) is 0.217. The number of rotatable bonds is 4. The fourth-order valence-corrected chi connectivity index (χ4v) is 4.53. The van der Waals surface area contributed by atoms with Crippen molar-refractivity contribution in [2.75, 3.05) is 17.2 Å². The van der Waals surface area contributed by atoms with Crippen molar-refractivity contribution in [2.24, 2.45) is 7.05 Å². The molecule has 0 saturated heterocycles. The summed E-state index contributed by atoms with van der Waals surface area (Å²) < 4.78 is 40.1. The predicted molar refractivity (Wildman–Crippen MR) is 131 cm³/mol. The van der Waals surface area contributed by atoms with Crippen molar-refractivity contribution in [3.05, 3.63) is 63.8 Å². The number of carbonyl (C=O) groups is 1. The van der Waals surface area contributed by atoms with Gasteiger partial charge < -0.3 is 15.5 Å². The molecule has 8 nitrogen and oxygen atoms in total. The van der Waals surface area contributed by atoms with E-state index in [1.54, 1.807) is 48.3 Å². The molecule has 0 bridgehead atoms. The molecule has 0 unspecified atom stereocenters. The lowest BCUT2D eigenvalue weighted by atomic mass is 9.99. The summed E-state index contributed by atoms with van der Waals surface area (Å²) in [6.07, 6.45) is -2.96. The second-order valence-corrected chi connectivity index (χ2v) is 9.02. The molecule has 0 spiro atoms. The van der Waals surface area contributed by atoms with Crippen LogP contribution >= 0.6 is 23.2 Å². The number of alkyl halides is 3. The Morgan fingerprint density at radius 1 is 1.08 bits per heavy atom. The molecule has 1 aliphatic heterocycles. The van der Waals surface area contributed by atoms with E-state index in [0.717, 1.165) is 10.5 Å². The summed E-state index contributed by atoms with van der Waals surface area (Å²) in [6.45, 7) is -0.0986. The highest BCUT2D eigenvalue weighted by molar-refractivity contribution is 6.39. The van der Waals surface area contributed by atoms with Gasteiger partial charge in [-0.3, -0.25) is 4.79 Å². The number of anilines is 4. The van der Waals surface area contributed by atoms with E-state index >= 15 is 0 Å². The van der Waals surface area contributed by atoms with Crippen LogP contribution in [0.4, 0.5) is 36.3 Å². The summed E-state index contributed by atoms with van der Waals surface area (Å²) >= 11 is 12.5. The van der Waals surface area contributed by atoms with E-state index in [-0.39, 0.29) is 19.0 Å². The molecule has 0 saturated carbocycles. The van der Waals surface area contributed by atoms with Crippen LogP contribution in [0.15, 0.2) is 42.6 Å². The maximum atomic E-state index is 12.9. The SMILES string of the molecule is Cn1nc(Nc2c(Cl)cccc2Cl)c2cnc(Nc3ccc4c(c3)CN(C(=O)C(F)(F)F)CC4)nc21. The van der Waals surface area contributed by atoms with Gasteiger partial charge in [-0.2, -0.15) is 23.3 Å². The summed E-state index contributed by atoms with van der Waals surface area (Å²) in [5, 5.41) is 12.1. The average molecular weight is 536 g/mol. The standard InChI is InChI=1S/C23H18Cl2F3N7O/c1-34-20-15(19(33-34)31-18-16(24)3-2-4-17(18)25)10-29-22(32-20)30-14-6-5-12-7-8-35(11-13(12)9-14)21(36)23(26,27)28/h2-6,9-10H,7-8,11H2,1H3,(H,31,33)(H,29,30,32). The number of hydrogen-bond donors (Lipinski definition) is 2. The Hall–Kier alpha value is -3.57. The van der Waals surface area contributed by atoms with Gasteiger partial charge in [0.1, 0.15) is 0 Å². The number of amides is 1. The molecule has 0 aliphatic carbocycles. The molecule has 0 fully saturated rings. The largest absolute Gasteiger partial charge is 0.471 e. The third-order valence-corrected chi connectivity index (χ3v) is 6.42. The highest BCUT2D eigenvalue weighted by Gasteiger charge is 2.43. The fourth-order valence-electron chi connectivity index (χ4n) is 4.04. The zero-order valence-electron chi connectivity index (χ0n) is 18.7. The molecular weight excluding hydrogens is 518 g/mol. The van der Waals surface area contributed by atoms with Gasteiger partial charge in [-0.15, -0.1) is 0 Å². The average Bonchev–Trinajstić information content (AvgIpc) is 3.14. The Bertz CT molecular complexity index is 1470. The van der Waals surface area contributed by atoms with Crippen LogP contribution in [0, 0.1) is 0 Å². The number of carbonyl (C=O) groups excluding carboxylic acids is 1. The number of nitrogens with zero attached hydrogens (tertiary/aromatic N) is 5. The number of fused-ring (bicyclic) bond motifs is 2. The molecule has 5 rings (SSSR count). The first kappa shape index (κ1) is 24.1. The van der Waals surface area contributed by atoms with Crippen molar-refractivity contribution < 1.29 is 18.0 Å². The number of benzene rings is 2. The minimum absolute atomic E-state index is 0.0220. The van der Waals surface area contributed by atoms with E-state index in [0.29, 0.717) is 50.3 Å². The van der Waals surface area contributed by atoms with Crippen molar-refractivity contribution >= 4 is 63.3 Å². The summed E-state index contributed by atoms with van der Waals surface area (Å²) in [6, 6.07) is 10.5. The van der Waals surface area contributed by atoms with Gasteiger partial charge in [0.15, 0.2) is 11.5 Å². The summed E-state index contributed by atoms with van der Waals surface area (Å²) in [4.78, 5) is 21.3. The molecule has 0 radical (unpaired) electrons. The Labute approximate surface area is 213 Å². The molecule has 186 valence electrons. The van der Waals surface area contributed by atoms with E-state index in [4.69, 9.17) is 23.2 Å². The lowest BCUT2D eigenvalue weighted by molar-refractivity contribution is -0.186. The molecule has 2 aromatic carbocycles. The molecule has 2 N–H and O–H groups in total. The van der Waals surface area contributed by atoms with E-state index < -0.39 is 12.1 Å². The Kier molecular flexibility index (Phi) is 6.13. The lowest BCUT2D eigenvalue weighted by Crippen LogP contribution is -2.43. The second-order valence-electron chi connectivity index (χ2n) is 8.21. The van der Waals surface area contributed by atoms with Crippen LogP contribution in [0.2, 0.25) is 10.0 Å². The number of hydrogen-bond acceptors (Lipinski definition) is 6. The third-order valence-electron chi connectivity index (χ3n) is 5.79. The predicted octanol–water partition coefficient (Wildman–Crippen LogP) is 5.60. The second kappa shape index (κ2) is 9.14. The first-order valence-corrected chi connectivity index (χ1v) is 11.5. The number of halogens is 5. The molecular formula is C23H18Cl2F3N7O. The van der Waals surface area contributed by atoms with Gasteiger partial charge in [-0.1, -0.05) is 35.3 Å². The Balaban J connectivity index is 1.38. The van der Waals surface area contributed by atoms with Crippen molar-refractivity contribution in [1.82, 2.24) is 24.6 Å². The monoisotopic (exact) mass is 535 g/mol. The highest BCUT2D eigenvalue weighted by atomic mass is 35.5. The van der Waals surface area contributed by atoms with Crippen LogP contribution in [0.3, 0.4) is 0 Å². The van der Waals surface area contributed by atoms with Crippen molar-refractivity contribution in [3.63, 3.8) is 0 Å². The van der Waals surface area contributed by atoms with Crippen molar-refractivity contribution in [3.8, 4) is 0 Å². The first-order valence-electron chi connectivity index (χ1n) is 10.8. The molecule has 4 aromatic rings. The van der Waals surface area contributed by atoms with Crippen LogP contribution in [-0.2, 0) is 24.8 Å². The Morgan fingerprint density at radius 2 is 1.83 bits per heavy atom. The molecule has 0 atom stereocenters. The van der Waals surface area contributed by atoms with Gasteiger partial charge in [-0.25, -0.2) is 9.67 Å². The van der Waals surface area contributed by atoms with Crippen LogP contribution in [-0.4, -0.2) is 43.3 Å². The van der Waals surface area contributed by atoms with E-state index in [2.05, 4.69) is 25.7 Å². The van der Waals surface area contributed by atoms with Crippen LogP contribution < -0.4 is 10.6 Å². The maximum Gasteiger partial charge on any atom is 0.471 e.